The van der Waals surface area contributed by atoms with Crippen LogP contribution in [0, 0.1) is 11.3 Å². The molecule has 0 unspecified atom stereocenters. The van der Waals surface area contributed by atoms with Crippen LogP contribution in [0.25, 0.3) is 10.1 Å². The lowest BCUT2D eigenvalue weighted by molar-refractivity contribution is 1.27. The normalized spacial score (nSPS) is 10.4. The van der Waals surface area contributed by atoms with Gasteiger partial charge >= 0.3 is 0 Å². The van der Waals surface area contributed by atoms with Gasteiger partial charge < -0.3 is 0 Å². The molecule has 2 rings (SSSR count). The van der Waals surface area contributed by atoms with Crippen LogP contribution in [0.4, 0.5) is 0 Å². The van der Waals surface area contributed by atoms with Gasteiger partial charge in [0.2, 0.25) is 0 Å². The summed E-state index contributed by atoms with van der Waals surface area (Å²) in [5.41, 5.74) is 1.02. The van der Waals surface area contributed by atoms with E-state index in [0.29, 0.717) is 6.42 Å². The smallest absolute Gasteiger partial charge is 0.0941 e. The summed E-state index contributed by atoms with van der Waals surface area (Å²) in [6.45, 7) is 0. The lowest BCUT2D eigenvalue weighted by atomic mass is 10.1. The molecule has 1 nitrogen and oxygen atoms in total. The van der Waals surface area contributed by atoms with Crippen LogP contribution in [0.5, 0.6) is 0 Å². The first kappa shape index (κ1) is 9.97. The summed E-state index contributed by atoms with van der Waals surface area (Å²) in [6, 6.07) is 8.05. The molecule has 0 aliphatic heterocycles. The van der Waals surface area contributed by atoms with Gasteiger partial charge in [-0.15, -0.1) is 11.3 Å². The van der Waals surface area contributed by atoms with Gasteiger partial charge in [0.15, 0.2) is 0 Å². The number of rotatable bonds is 1. The molecular weight excluding hydrogens is 282 g/mol. The average molecular weight is 287 g/mol. The molecule has 14 heavy (non-hydrogen) atoms. The Hall–Kier alpha value is -0.560. The van der Waals surface area contributed by atoms with E-state index < -0.39 is 0 Å². The number of hydrogen-bond acceptors (Lipinski definition) is 2. The monoisotopic (exact) mass is 285 g/mol. The average Bonchev–Trinajstić information content (AvgIpc) is 2.47. The van der Waals surface area contributed by atoms with Crippen LogP contribution in [-0.4, -0.2) is 0 Å². The minimum absolute atomic E-state index is 0.435. The molecule has 70 valence electrons. The van der Waals surface area contributed by atoms with Gasteiger partial charge in [0.1, 0.15) is 0 Å². The lowest BCUT2D eigenvalue weighted by Crippen LogP contribution is -1.80. The largest absolute Gasteiger partial charge is 0.198 e. The fourth-order valence-corrected chi connectivity index (χ4v) is 3.30. The number of fused-ring (bicyclic) bond motifs is 1. The summed E-state index contributed by atoms with van der Waals surface area (Å²) in [6.07, 6.45) is 0.435. The van der Waals surface area contributed by atoms with E-state index in [-0.39, 0.29) is 0 Å². The van der Waals surface area contributed by atoms with E-state index in [1.54, 1.807) is 0 Å². The van der Waals surface area contributed by atoms with Gasteiger partial charge in [-0.3, -0.25) is 0 Å². The van der Waals surface area contributed by atoms with Crippen LogP contribution in [-0.2, 0) is 6.42 Å². The predicted octanol–water partition coefficient (Wildman–Crippen LogP) is 4.38. The van der Waals surface area contributed by atoms with Crippen molar-refractivity contribution in [2.75, 3.05) is 0 Å². The minimum Gasteiger partial charge on any atom is -0.198 e. The van der Waals surface area contributed by atoms with E-state index >= 15 is 0 Å². The summed E-state index contributed by atoms with van der Waals surface area (Å²) in [5.74, 6) is 0. The molecule has 0 saturated heterocycles. The van der Waals surface area contributed by atoms with Crippen LogP contribution in [0.1, 0.15) is 5.56 Å². The summed E-state index contributed by atoms with van der Waals surface area (Å²) in [4.78, 5) is 0. The predicted molar refractivity (Wildman–Crippen MR) is 63.9 cm³/mol. The van der Waals surface area contributed by atoms with Crippen LogP contribution >= 0.6 is 38.9 Å². The molecule has 0 atom stereocenters. The highest BCUT2D eigenvalue weighted by atomic mass is 79.9. The van der Waals surface area contributed by atoms with Crippen molar-refractivity contribution >= 4 is 49.0 Å². The molecule has 1 aromatic carbocycles. The fraction of sp³-hybridized carbons (Fsp3) is 0.100. The third kappa shape index (κ3) is 1.78. The van der Waals surface area contributed by atoms with Gasteiger partial charge in [-0.05, 0) is 23.8 Å². The second kappa shape index (κ2) is 3.90. The van der Waals surface area contributed by atoms with Gasteiger partial charge in [0.25, 0.3) is 0 Å². The molecule has 1 aromatic heterocycles. The first-order valence-electron chi connectivity index (χ1n) is 3.95. The minimum atomic E-state index is 0.435. The highest BCUT2D eigenvalue weighted by Gasteiger charge is 2.05. The van der Waals surface area contributed by atoms with Gasteiger partial charge in [0.05, 0.1) is 16.8 Å². The van der Waals surface area contributed by atoms with E-state index in [0.717, 1.165) is 24.5 Å². The molecule has 0 saturated carbocycles. The van der Waals surface area contributed by atoms with Crippen molar-refractivity contribution in [1.82, 2.24) is 0 Å². The Bertz CT molecular complexity index is 527. The standard InChI is InChI=1S/C10H5BrClNS/c11-8-3-6(1-2-13)4-9-7(8)5-10(12)14-9/h3-5H,1H2. The van der Waals surface area contributed by atoms with Crippen molar-refractivity contribution in [1.29, 1.82) is 5.26 Å². The van der Waals surface area contributed by atoms with Gasteiger partial charge in [-0.2, -0.15) is 5.26 Å². The summed E-state index contributed by atoms with van der Waals surface area (Å²) in [5, 5.41) is 9.71. The number of thiophene rings is 1. The summed E-state index contributed by atoms with van der Waals surface area (Å²) < 4.78 is 2.90. The molecule has 2 aromatic rings. The van der Waals surface area contributed by atoms with Crippen molar-refractivity contribution < 1.29 is 0 Å². The zero-order valence-electron chi connectivity index (χ0n) is 7.05. The highest BCUT2D eigenvalue weighted by Crippen LogP contribution is 2.35. The highest BCUT2D eigenvalue weighted by molar-refractivity contribution is 9.10. The number of hydrogen-bond donors (Lipinski definition) is 0. The SMILES string of the molecule is N#CCc1cc(Br)c2cc(Cl)sc2c1. The Balaban J connectivity index is 2.66. The number of benzene rings is 1. The van der Waals surface area contributed by atoms with Crippen molar-refractivity contribution in [2.24, 2.45) is 0 Å². The Morgan fingerprint density at radius 1 is 1.43 bits per heavy atom. The molecule has 0 aliphatic rings. The Morgan fingerprint density at radius 2 is 2.21 bits per heavy atom. The number of nitriles is 1. The van der Waals surface area contributed by atoms with Crippen LogP contribution in [0.2, 0.25) is 4.34 Å². The molecule has 0 aliphatic carbocycles. The van der Waals surface area contributed by atoms with Gasteiger partial charge in [-0.1, -0.05) is 27.5 Å². The molecule has 0 amide bonds. The fourth-order valence-electron chi connectivity index (χ4n) is 1.31. The van der Waals surface area contributed by atoms with Crippen LogP contribution in [0.15, 0.2) is 22.7 Å². The zero-order valence-corrected chi connectivity index (χ0v) is 10.2. The first-order chi connectivity index (χ1) is 6.70. The Kier molecular flexibility index (Phi) is 2.78. The second-order valence-corrected chi connectivity index (χ2v) is 5.44. The lowest BCUT2D eigenvalue weighted by Gasteiger charge is -1.97. The maximum atomic E-state index is 8.60. The topological polar surface area (TPSA) is 23.8 Å². The van der Waals surface area contributed by atoms with Crippen molar-refractivity contribution in [3.05, 3.63) is 32.6 Å². The molecule has 1 heterocycles. The zero-order chi connectivity index (χ0) is 10.1. The molecule has 0 fully saturated rings. The first-order valence-corrected chi connectivity index (χ1v) is 5.94. The van der Waals surface area contributed by atoms with E-state index in [2.05, 4.69) is 22.0 Å². The summed E-state index contributed by atoms with van der Waals surface area (Å²) in [7, 11) is 0. The van der Waals surface area contributed by atoms with Crippen molar-refractivity contribution in [3.8, 4) is 6.07 Å². The number of halogens is 2. The molecule has 0 bridgehead atoms. The van der Waals surface area contributed by atoms with E-state index in [9.17, 15) is 0 Å². The molecule has 0 N–H and O–H groups in total. The second-order valence-electron chi connectivity index (χ2n) is 2.87. The Morgan fingerprint density at radius 3 is 2.93 bits per heavy atom. The third-order valence-electron chi connectivity index (χ3n) is 1.90. The summed E-state index contributed by atoms with van der Waals surface area (Å²) >= 11 is 10.9. The molecule has 4 heteroatoms. The molecule has 0 radical (unpaired) electrons. The maximum Gasteiger partial charge on any atom is 0.0941 e. The molecular formula is C10H5BrClNS. The van der Waals surface area contributed by atoms with Gasteiger partial charge in [0, 0.05) is 14.6 Å². The van der Waals surface area contributed by atoms with E-state index in [1.165, 1.54) is 11.3 Å². The van der Waals surface area contributed by atoms with Crippen LogP contribution < -0.4 is 0 Å². The Labute approximate surface area is 99.0 Å². The van der Waals surface area contributed by atoms with Crippen LogP contribution in [0.3, 0.4) is 0 Å². The molecule has 0 spiro atoms. The third-order valence-corrected chi connectivity index (χ3v) is 3.77. The van der Waals surface area contributed by atoms with Crippen molar-refractivity contribution in [3.63, 3.8) is 0 Å². The van der Waals surface area contributed by atoms with E-state index in [1.807, 2.05) is 18.2 Å². The quantitative estimate of drug-likeness (QED) is 0.763. The van der Waals surface area contributed by atoms with Gasteiger partial charge in [-0.25, -0.2) is 0 Å². The maximum absolute atomic E-state index is 8.60. The number of nitrogens with zero attached hydrogens (tertiary/aromatic N) is 1. The van der Waals surface area contributed by atoms with E-state index in [4.69, 9.17) is 16.9 Å². The van der Waals surface area contributed by atoms with Crippen molar-refractivity contribution in [2.45, 2.75) is 6.42 Å².